The monoisotopic (exact) mass is 294 g/mol. The van der Waals surface area contributed by atoms with E-state index in [9.17, 15) is 0 Å². The van der Waals surface area contributed by atoms with Gasteiger partial charge in [-0.1, -0.05) is 11.6 Å². The third-order valence-corrected chi connectivity index (χ3v) is 4.62. The standard InChI is InChI=1S/C16H23ClN2O/c1-11(19(2)15-3-4-15)9-18-10-13-8-14(17)7-12-5-6-20-16(12)13/h7-8,11,15,18H,3-6,9-10H2,1-2H3. The van der Waals surface area contributed by atoms with E-state index in [4.69, 9.17) is 16.3 Å². The molecule has 0 spiro atoms. The van der Waals surface area contributed by atoms with Gasteiger partial charge in [-0.15, -0.1) is 0 Å². The zero-order valence-electron chi connectivity index (χ0n) is 12.3. The Labute approximate surface area is 126 Å². The van der Waals surface area contributed by atoms with Crippen molar-refractivity contribution in [2.75, 3.05) is 20.2 Å². The summed E-state index contributed by atoms with van der Waals surface area (Å²) < 4.78 is 5.73. The summed E-state index contributed by atoms with van der Waals surface area (Å²) in [5.74, 6) is 1.05. The second-order valence-corrected chi connectivity index (χ2v) is 6.46. The summed E-state index contributed by atoms with van der Waals surface area (Å²) in [7, 11) is 2.23. The van der Waals surface area contributed by atoms with Gasteiger partial charge in [0.15, 0.2) is 0 Å². The van der Waals surface area contributed by atoms with E-state index in [1.165, 1.54) is 24.0 Å². The van der Waals surface area contributed by atoms with Crippen LogP contribution < -0.4 is 10.1 Å². The van der Waals surface area contributed by atoms with Gasteiger partial charge in [-0.25, -0.2) is 0 Å². The highest BCUT2D eigenvalue weighted by atomic mass is 35.5. The quantitative estimate of drug-likeness (QED) is 0.873. The molecule has 1 saturated carbocycles. The molecule has 1 heterocycles. The molecule has 1 atom stereocenters. The van der Waals surface area contributed by atoms with E-state index in [1.807, 2.05) is 12.1 Å². The number of likely N-dealkylation sites (N-methyl/N-ethyl adjacent to an activating group) is 1. The van der Waals surface area contributed by atoms with Crippen molar-refractivity contribution in [3.8, 4) is 5.75 Å². The van der Waals surface area contributed by atoms with Gasteiger partial charge in [-0.2, -0.15) is 0 Å². The molecule has 0 radical (unpaired) electrons. The minimum absolute atomic E-state index is 0.565. The van der Waals surface area contributed by atoms with Crippen LogP contribution in [0.1, 0.15) is 30.9 Å². The van der Waals surface area contributed by atoms with Crippen LogP contribution in [-0.4, -0.2) is 37.2 Å². The maximum Gasteiger partial charge on any atom is 0.127 e. The molecule has 2 aliphatic rings. The molecule has 4 heteroatoms. The number of ether oxygens (including phenoxy) is 1. The molecule has 3 rings (SSSR count). The summed E-state index contributed by atoms with van der Waals surface area (Å²) in [6, 6.07) is 5.42. The molecule has 1 aromatic rings. The highest BCUT2D eigenvalue weighted by Gasteiger charge is 2.28. The lowest BCUT2D eigenvalue weighted by molar-refractivity contribution is 0.240. The Morgan fingerprint density at radius 3 is 3.00 bits per heavy atom. The second kappa shape index (κ2) is 5.92. The predicted octanol–water partition coefficient (Wildman–Crippen LogP) is 2.85. The third-order valence-electron chi connectivity index (χ3n) is 4.40. The molecular weight excluding hydrogens is 272 g/mol. The van der Waals surface area contributed by atoms with Crippen LogP contribution in [-0.2, 0) is 13.0 Å². The summed E-state index contributed by atoms with van der Waals surface area (Å²) in [5, 5.41) is 4.36. The normalized spacial score (nSPS) is 19.0. The lowest BCUT2D eigenvalue weighted by Crippen LogP contribution is -2.38. The molecule has 1 aromatic carbocycles. The summed E-state index contributed by atoms with van der Waals surface area (Å²) in [5.41, 5.74) is 2.43. The van der Waals surface area contributed by atoms with E-state index < -0.39 is 0 Å². The van der Waals surface area contributed by atoms with Gasteiger partial charge in [0, 0.05) is 42.2 Å². The second-order valence-electron chi connectivity index (χ2n) is 6.03. The molecule has 110 valence electrons. The first-order chi connectivity index (χ1) is 9.65. The van der Waals surface area contributed by atoms with Crippen LogP contribution in [0.4, 0.5) is 0 Å². The van der Waals surface area contributed by atoms with Gasteiger partial charge >= 0.3 is 0 Å². The van der Waals surface area contributed by atoms with Crippen molar-refractivity contribution in [2.24, 2.45) is 0 Å². The molecule has 1 fully saturated rings. The molecule has 0 aromatic heterocycles. The first-order valence-corrected chi connectivity index (χ1v) is 7.89. The van der Waals surface area contributed by atoms with Crippen LogP contribution in [0.5, 0.6) is 5.75 Å². The molecule has 0 saturated heterocycles. The number of hydrogen-bond acceptors (Lipinski definition) is 3. The lowest BCUT2D eigenvalue weighted by atomic mass is 10.1. The molecule has 3 nitrogen and oxygen atoms in total. The van der Waals surface area contributed by atoms with Gasteiger partial charge in [0.2, 0.25) is 0 Å². The van der Waals surface area contributed by atoms with Crippen LogP contribution in [0.25, 0.3) is 0 Å². The van der Waals surface area contributed by atoms with Crippen molar-refractivity contribution in [3.05, 3.63) is 28.3 Å². The van der Waals surface area contributed by atoms with Crippen molar-refractivity contribution in [2.45, 2.75) is 44.8 Å². The zero-order chi connectivity index (χ0) is 14.1. The predicted molar refractivity (Wildman–Crippen MR) is 82.6 cm³/mol. The Morgan fingerprint density at radius 2 is 2.25 bits per heavy atom. The fourth-order valence-corrected chi connectivity index (χ4v) is 3.14. The molecule has 1 N–H and O–H groups in total. The Hall–Kier alpha value is -0.770. The van der Waals surface area contributed by atoms with Gasteiger partial charge in [0.05, 0.1) is 6.61 Å². The summed E-state index contributed by atoms with van der Waals surface area (Å²) in [4.78, 5) is 2.48. The highest BCUT2D eigenvalue weighted by molar-refractivity contribution is 6.30. The van der Waals surface area contributed by atoms with Gasteiger partial charge in [0.1, 0.15) is 5.75 Å². The van der Waals surface area contributed by atoms with E-state index in [-0.39, 0.29) is 0 Å². The fraction of sp³-hybridized carbons (Fsp3) is 0.625. The Balaban J connectivity index is 1.56. The fourth-order valence-electron chi connectivity index (χ4n) is 2.88. The van der Waals surface area contributed by atoms with Crippen LogP contribution in [0.2, 0.25) is 5.02 Å². The minimum atomic E-state index is 0.565. The largest absolute Gasteiger partial charge is 0.493 e. The lowest BCUT2D eigenvalue weighted by Gasteiger charge is -2.24. The molecule has 20 heavy (non-hydrogen) atoms. The Morgan fingerprint density at radius 1 is 1.45 bits per heavy atom. The average Bonchev–Trinajstić information content (AvgIpc) is 3.16. The number of nitrogens with zero attached hydrogens (tertiary/aromatic N) is 1. The number of rotatable bonds is 6. The molecular formula is C16H23ClN2O. The first-order valence-electron chi connectivity index (χ1n) is 7.52. The van der Waals surface area contributed by atoms with E-state index in [2.05, 4.69) is 24.2 Å². The first kappa shape index (κ1) is 14.2. The van der Waals surface area contributed by atoms with E-state index in [1.54, 1.807) is 0 Å². The smallest absolute Gasteiger partial charge is 0.127 e. The van der Waals surface area contributed by atoms with E-state index in [0.29, 0.717) is 6.04 Å². The average molecular weight is 295 g/mol. The van der Waals surface area contributed by atoms with Crippen LogP contribution in [0.3, 0.4) is 0 Å². The number of nitrogens with one attached hydrogen (secondary N) is 1. The van der Waals surface area contributed by atoms with Crippen molar-refractivity contribution in [3.63, 3.8) is 0 Å². The molecule has 1 unspecified atom stereocenters. The van der Waals surface area contributed by atoms with E-state index in [0.717, 1.165) is 42.9 Å². The Kier molecular flexibility index (Phi) is 4.20. The van der Waals surface area contributed by atoms with Crippen LogP contribution >= 0.6 is 11.6 Å². The summed E-state index contributed by atoms with van der Waals surface area (Å²) in [6.45, 7) is 4.88. The van der Waals surface area contributed by atoms with Crippen molar-refractivity contribution >= 4 is 11.6 Å². The molecule has 1 aliphatic heterocycles. The zero-order valence-corrected chi connectivity index (χ0v) is 13.0. The van der Waals surface area contributed by atoms with Gasteiger partial charge in [0.25, 0.3) is 0 Å². The SMILES string of the molecule is CC(CNCc1cc(Cl)cc2c1OCC2)N(C)C1CC1. The molecule has 0 bridgehead atoms. The maximum absolute atomic E-state index is 6.18. The third kappa shape index (κ3) is 3.11. The van der Waals surface area contributed by atoms with Crippen molar-refractivity contribution in [1.82, 2.24) is 10.2 Å². The van der Waals surface area contributed by atoms with E-state index >= 15 is 0 Å². The van der Waals surface area contributed by atoms with Gasteiger partial charge < -0.3 is 10.1 Å². The number of halogens is 1. The number of benzene rings is 1. The molecule has 0 amide bonds. The highest BCUT2D eigenvalue weighted by Crippen LogP contribution is 2.32. The van der Waals surface area contributed by atoms with Crippen LogP contribution in [0, 0.1) is 0 Å². The van der Waals surface area contributed by atoms with Gasteiger partial charge in [-0.3, -0.25) is 4.90 Å². The topological polar surface area (TPSA) is 24.5 Å². The van der Waals surface area contributed by atoms with Crippen LogP contribution in [0.15, 0.2) is 12.1 Å². The number of hydrogen-bond donors (Lipinski definition) is 1. The maximum atomic E-state index is 6.18. The number of fused-ring (bicyclic) bond motifs is 1. The van der Waals surface area contributed by atoms with Crippen molar-refractivity contribution < 1.29 is 4.74 Å². The van der Waals surface area contributed by atoms with Crippen molar-refractivity contribution in [1.29, 1.82) is 0 Å². The summed E-state index contributed by atoms with van der Waals surface area (Å²) in [6.07, 6.45) is 3.69. The van der Waals surface area contributed by atoms with Gasteiger partial charge in [-0.05, 0) is 44.5 Å². The molecule has 1 aliphatic carbocycles. The minimum Gasteiger partial charge on any atom is -0.493 e. The summed E-state index contributed by atoms with van der Waals surface area (Å²) >= 11 is 6.18. The Bertz CT molecular complexity index is 488.